The second-order valence-corrected chi connectivity index (χ2v) is 5.66. The molecule has 1 aromatic rings. The number of carbonyl (C=O) groups is 1. The maximum absolute atomic E-state index is 12.5. The Bertz CT molecular complexity index is 436. The zero-order valence-electron chi connectivity index (χ0n) is 11.9. The number of hydrogen-bond acceptors (Lipinski definition) is 1. The molecule has 0 fully saturated rings. The predicted molar refractivity (Wildman–Crippen MR) is 82.6 cm³/mol. The van der Waals surface area contributed by atoms with Crippen LogP contribution in [0.25, 0.3) is 0 Å². The molecule has 0 atom stereocenters. The fourth-order valence-corrected chi connectivity index (χ4v) is 3.02. The number of rotatable bonds is 5. The van der Waals surface area contributed by atoms with Crippen molar-refractivity contribution >= 4 is 29.1 Å². The molecule has 4 heteroatoms. The molecule has 0 heterocycles. The van der Waals surface area contributed by atoms with Gasteiger partial charge in [0.25, 0.3) is 5.91 Å². The van der Waals surface area contributed by atoms with Crippen molar-refractivity contribution in [2.45, 2.75) is 39.7 Å². The van der Waals surface area contributed by atoms with E-state index in [1.165, 1.54) is 0 Å². The van der Waals surface area contributed by atoms with Gasteiger partial charge in [0.05, 0.1) is 5.54 Å². The number of halogens is 2. The molecule has 0 aliphatic carbocycles. The van der Waals surface area contributed by atoms with Crippen molar-refractivity contribution in [3.8, 4) is 0 Å². The molecule has 1 rings (SSSR count). The first-order valence-corrected chi connectivity index (χ1v) is 7.48. The van der Waals surface area contributed by atoms with Crippen molar-refractivity contribution in [2.24, 2.45) is 0 Å². The summed E-state index contributed by atoms with van der Waals surface area (Å²) in [5.74, 6) is 0.518. The van der Waals surface area contributed by atoms with Crippen molar-refractivity contribution in [1.82, 2.24) is 5.32 Å². The Hall–Kier alpha value is -0.730. The lowest BCUT2D eigenvalue weighted by Gasteiger charge is -2.30. The van der Waals surface area contributed by atoms with E-state index in [2.05, 4.69) is 5.32 Å². The third-order valence-electron chi connectivity index (χ3n) is 3.47. The summed E-state index contributed by atoms with van der Waals surface area (Å²) >= 11 is 11.9. The van der Waals surface area contributed by atoms with Crippen molar-refractivity contribution < 1.29 is 4.79 Å². The van der Waals surface area contributed by atoms with E-state index >= 15 is 0 Å². The van der Waals surface area contributed by atoms with Crippen LogP contribution in [-0.2, 0) is 0 Å². The zero-order valence-corrected chi connectivity index (χ0v) is 13.5. The van der Waals surface area contributed by atoms with Gasteiger partial charge >= 0.3 is 0 Å². The van der Waals surface area contributed by atoms with Crippen LogP contribution in [-0.4, -0.2) is 23.2 Å². The van der Waals surface area contributed by atoms with Gasteiger partial charge < -0.3 is 5.32 Å². The average molecular weight is 302 g/mol. The van der Waals surface area contributed by atoms with E-state index < -0.39 is 5.54 Å². The maximum Gasteiger partial charge on any atom is 0.252 e. The molecule has 0 radical (unpaired) electrons. The highest BCUT2D eigenvalue weighted by atomic mass is 35.5. The molecular weight excluding hydrogens is 281 g/mol. The maximum atomic E-state index is 12.5. The van der Waals surface area contributed by atoms with Crippen LogP contribution < -0.4 is 5.32 Å². The molecule has 0 aromatic heterocycles. The Labute approximate surface area is 125 Å². The summed E-state index contributed by atoms with van der Waals surface area (Å²) in [6.45, 7) is 7.89. The molecule has 106 valence electrons. The van der Waals surface area contributed by atoms with Crippen LogP contribution in [0.5, 0.6) is 0 Å². The van der Waals surface area contributed by atoms with Gasteiger partial charge in [-0.25, -0.2) is 0 Å². The van der Waals surface area contributed by atoms with Crippen LogP contribution >= 0.6 is 23.2 Å². The normalized spacial score (nSPS) is 11.5. The van der Waals surface area contributed by atoms with Crippen LogP contribution in [0, 0.1) is 20.8 Å². The molecule has 0 spiro atoms. The highest BCUT2D eigenvalue weighted by Gasteiger charge is 2.29. The molecule has 0 bridgehead atoms. The lowest BCUT2D eigenvalue weighted by Crippen LogP contribution is -2.51. The highest BCUT2D eigenvalue weighted by Crippen LogP contribution is 2.20. The summed E-state index contributed by atoms with van der Waals surface area (Å²) in [6, 6.07) is 4.02. The minimum atomic E-state index is -0.538. The molecule has 0 aliphatic rings. The first kappa shape index (κ1) is 16.3. The van der Waals surface area contributed by atoms with Gasteiger partial charge in [-0.15, -0.1) is 23.2 Å². The molecule has 1 amide bonds. The molecule has 2 nitrogen and oxygen atoms in total. The molecule has 0 saturated heterocycles. The van der Waals surface area contributed by atoms with E-state index in [0.29, 0.717) is 18.2 Å². The van der Waals surface area contributed by atoms with Gasteiger partial charge in [0, 0.05) is 17.3 Å². The Morgan fingerprint density at radius 1 is 1.16 bits per heavy atom. The van der Waals surface area contributed by atoms with Gasteiger partial charge in [-0.1, -0.05) is 24.6 Å². The van der Waals surface area contributed by atoms with Crippen LogP contribution in [0.3, 0.4) is 0 Å². The van der Waals surface area contributed by atoms with E-state index in [4.69, 9.17) is 23.2 Å². The van der Waals surface area contributed by atoms with E-state index in [-0.39, 0.29) is 5.91 Å². The van der Waals surface area contributed by atoms with Crippen LogP contribution in [0.4, 0.5) is 0 Å². The topological polar surface area (TPSA) is 29.1 Å². The minimum absolute atomic E-state index is 0.0989. The zero-order chi connectivity index (χ0) is 14.6. The molecule has 0 unspecified atom stereocenters. The Balaban J connectivity index is 3.08. The smallest absolute Gasteiger partial charge is 0.252 e. The first-order valence-electron chi connectivity index (χ1n) is 6.41. The SMILES string of the molecule is CCC(CCl)(CCl)NC(=O)c1c(C)cc(C)cc1C. The number of amides is 1. The Morgan fingerprint density at radius 3 is 2.00 bits per heavy atom. The standard InChI is InChI=1S/C15H21Cl2NO/c1-5-15(8-16,9-17)18-14(19)13-11(3)6-10(2)7-12(13)4/h6-7H,5,8-9H2,1-4H3,(H,18,19). The summed E-state index contributed by atoms with van der Waals surface area (Å²) in [4.78, 5) is 12.5. The summed E-state index contributed by atoms with van der Waals surface area (Å²) in [6.07, 6.45) is 0.704. The monoisotopic (exact) mass is 301 g/mol. The lowest BCUT2D eigenvalue weighted by molar-refractivity contribution is 0.0912. The van der Waals surface area contributed by atoms with Gasteiger partial charge in [0.1, 0.15) is 0 Å². The second kappa shape index (κ2) is 6.62. The van der Waals surface area contributed by atoms with Crippen molar-refractivity contribution in [3.63, 3.8) is 0 Å². The van der Waals surface area contributed by atoms with Gasteiger partial charge in [0.2, 0.25) is 0 Å². The number of benzene rings is 1. The Kier molecular flexibility index (Phi) is 5.69. The number of nitrogens with one attached hydrogen (secondary N) is 1. The number of alkyl halides is 2. The van der Waals surface area contributed by atoms with E-state index in [9.17, 15) is 4.79 Å². The largest absolute Gasteiger partial charge is 0.344 e. The fourth-order valence-electron chi connectivity index (χ4n) is 2.22. The van der Waals surface area contributed by atoms with E-state index in [1.807, 2.05) is 39.8 Å². The predicted octanol–water partition coefficient (Wildman–Crippen LogP) is 3.97. The summed E-state index contributed by atoms with van der Waals surface area (Å²) in [5.41, 5.74) is 3.29. The lowest BCUT2D eigenvalue weighted by atomic mass is 9.96. The Morgan fingerprint density at radius 2 is 1.63 bits per heavy atom. The molecule has 19 heavy (non-hydrogen) atoms. The number of hydrogen-bond donors (Lipinski definition) is 1. The van der Waals surface area contributed by atoms with Crippen LogP contribution in [0.2, 0.25) is 0 Å². The van der Waals surface area contributed by atoms with E-state index in [0.717, 1.165) is 22.3 Å². The summed E-state index contributed by atoms with van der Waals surface area (Å²) < 4.78 is 0. The number of carbonyl (C=O) groups excluding carboxylic acids is 1. The number of aryl methyl sites for hydroxylation is 3. The van der Waals surface area contributed by atoms with Crippen molar-refractivity contribution in [1.29, 1.82) is 0 Å². The second-order valence-electron chi connectivity index (χ2n) is 5.13. The van der Waals surface area contributed by atoms with Gasteiger partial charge in [-0.05, 0) is 38.3 Å². The summed E-state index contributed by atoms with van der Waals surface area (Å²) in [5, 5.41) is 2.99. The fraction of sp³-hybridized carbons (Fsp3) is 0.533. The van der Waals surface area contributed by atoms with Crippen LogP contribution in [0.1, 0.15) is 40.4 Å². The first-order chi connectivity index (χ1) is 8.89. The van der Waals surface area contributed by atoms with Gasteiger partial charge in [-0.2, -0.15) is 0 Å². The third kappa shape index (κ3) is 3.64. The van der Waals surface area contributed by atoms with Gasteiger partial charge in [0.15, 0.2) is 0 Å². The average Bonchev–Trinajstić information content (AvgIpc) is 2.35. The minimum Gasteiger partial charge on any atom is -0.344 e. The van der Waals surface area contributed by atoms with E-state index in [1.54, 1.807) is 0 Å². The molecule has 1 N–H and O–H groups in total. The highest BCUT2D eigenvalue weighted by molar-refractivity contribution is 6.22. The van der Waals surface area contributed by atoms with Crippen LogP contribution in [0.15, 0.2) is 12.1 Å². The van der Waals surface area contributed by atoms with Gasteiger partial charge in [-0.3, -0.25) is 4.79 Å². The quantitative estimate of drug-likeness (QED) is 0.819. The van der Waals surface area contributed by atoms with Crippen molar-refractivity contribution in [2.75, 3.05) is 11.8 Å². The molecule has 0 aliphatic heterocycles. The summed E-state index contributed by atoms with van der Waals surface area (Å²) in [7, 11) is 0. The molecule has 1 aromatic carbocycles. The molecular formula is C15H21Cl2NO. The third-order valence-corrected chi connectivity index (χ3v) is 4.49. The molecule has 0 saturated carbocycles. The van der Waals surface area contributed by atoms with Crippen molar-refractivity contribution in [3.05, 3.63) is 34.4 Å².